The summed E-state index contributed by atoms with van der Waals surface area (Å²) in [5.74, 6) is -1.18. The van der Waals surface area contributed by atoms with Gasteiger partial charge in [-0.3, -0.25) is 14.4 Å². The lowest BCUT2D eigenvalue weighted by Gasteiger charge is -2.09. The Kier molecular flexibility index (Phi) is 10.1. The molecule has 3 rings (SSSR count). The molecule has 3 N–H and O–H groups in total. The van der Waals surface area contributed by atoms with Crippen LogP contribution < -0.4 is 25.5 Å². The molecular formula is C26H22Cl2N4O5. The molecule has 0 saturated carbocycles. The summed E-state index contributed by atoms with van der Waals surface area (Å²) in [6, 6.07) is 18.0. The number of rotatable bonds is 10. The maximum Gasteiger partial charge on any atom is 0.329 e. The van der Waals surface area contributed by atoms with Crippen LogP contribution in [-0.4, -0.2) is 37.1 Å². The first-order valence-corrected chi connectivity index (χ1v) is 11.6. The van der Waals surface area contributed by atoms with Crippen molar-refractivity contribution in [2.45, 2.75) is 0 Å². The van der Waals surface area contributed by atoms with E-state index in [1.54, 1.807) is 72.8 Å². The minimum absolute atomic E-state index is 0.244. The topological polar surface area (TPSA) is 118 Å². The lowest BCUT2D eigenvalue weighted by atomic mass is 10.2. The molecule has 0 spiro atoms. The second-order valence-electron chi connectivity index (χ2n) is 7.28. The molecule has 0 saturated heterocycles. The number of carbonyl (C=O) groups is 3. The molecule has 0 unspecified atom stereocenters. The largest absolute Gasteiger partial charge is 0.490 e. The van der Waals surface area contributed by atoms with Crippen molar-refractivity contribution in [3.63, 3.8) is 0 Å². The van der Waals surface area contributed by atoms with Crippen LogP contribution in [0.25, 0.3) is 0 Å². The van der Waals surface area contributed by atoms with Gasteiger partial charge >= 0.3 is 11.8 Å². The lowest BCUT2D eigenvalue weighted by Crippen LogP contribution is -2.32. The van der Waals surface area contributed by atoms with E-state index in [0.29, 0.717) is 40.1 Å². The highest BCUT2D eigenvalue weighted by atomic mass is 35.5. The number of carbonyl (C=O) groups excluding carboxylic acids is 3. The van der Waals surface area contributed by atoms with Gasteiger partial charge in [0, 0.05) is 5.69 Å². The Morgan fingerprint density at radius 2 is 1.54 bits per heavy atom. The predicted octanol–water partition coefficient (Wildman–Crippen LogP) is 4.66. The molecule has 0 aromatic heterocycles. The summed E-state index contributed by atoms with van der Waals surface area (Å²) in [5.41, 5.74) is 3.59. The smallest absolute Gasteiger partial charge is 0.329 e. The average molecular weight is 541 g/mol. The van der Waals surface area contributed by atoms with Crippen LogP contribution in [-0.2, 0) is 14.4 Å². The van der Waals surface area contributed by atoms with Crippen molar-refractivity contribution in [2.24, 2.45) is 5.10 Å². The van der Waals surface area contributed by atoms with Gasteiger partial charge in [0.1, 0.15) is 18.1 Å². The number of nitrogens with one attached hydrogen (secondary N) is 3. The van der Waals surface area contributed by atoms with Crippen molar-refractivity contribution >= 4 is 58.5 Å². The van der Waals surface area contributed by atoms with Gasteiger partial charge in [0.2, 0.25) is 0 Å². The summed E-state index contributed by atoms with van der Waals surface area (Å²) in [4.78, 5) is 36.1. The Morgan fingerprint density at radius 3 is 2.24 bits per heavy atom. The van der Waals surface area contributed by atoms with Gasteiger partial charge in [0.05, 0.1) is 21.9 Å². The summed E-state index contributed by atoms with van der Waals surface area (Å²) in [5, 5.41) is 9.43. The molecule has 9 nitrogen and oxygen atoms in total. The van der Waals surface area contributed by atoms with Crippen LogP contribution in [0.1, 0.15) is 5.56 Å². The molecule has 3 aromatic rings. The molecule has 0 aliphatic heterocycles. The highest BCUT2D eigenvalue weighted by Gasteiger charge is 2.13. The SMILES string of the molecule is C=CCOc1ccc(NC(=O)C(=O)N/N=C\c2ccc(OCC(=O)Nc3cccc(Cl)c3Cl)cc2)cc1. The molecule has 190 valence electrons. The van der Waals surface area contributed by atoms with Gasteiger partial charge in [-0.1, -0.05) is 41.9 Å². The van der Waals surface area contributed by atoms with Crippen molar-refractivity contribution in [1.82, 2.24) is 5.43 Å². The Hall–Kier alpha value is -4.34. The zero-order valence-electron chi connectivity index (χ0n) is 19.4. The van der Waals surface area contributed by atoms with E-state index in [1.807, 2.05) is 0 Å². The molecular weight excluding hydrogens is 519 g/mol. The Labute approximate surface area is 223 Å². The summed E-state index contributed by atoms with van der Waals surface area (Å²) >= 11 is 12.0. The van der Waals surface area contributed by atoms with Crippen LogP contribution >= 0.6 is 23.2 Å². The third-order valence-corrected chi connectivity index (χ3v) is 5.36. The van der Waals surface area contributed by atoms with Gasteiger partial charge in [0.25, 0.3) is 5.91 Å². The predicted molar refractivity (Wildman–Crippen MR) is 144 cm³/mol. The number of halogens is 2. The van der Waals surface area contributed by atoms with E-state index in [4.69, 9.17) is 32.7 Å². The lowest BCUT2D eigenvalue weighted by molar-refractivity contribution is -0.136. The van der Waals surface area contributed by atoms with Crippen LogP contribution in [0.3, 0.4) is 0 Å². The summed E-state index contributed by atoms with van der Waals surface area (Å²) in [6.45, 7) is 3.68. The molecule has 37 heavy (non-hydrogen) atoms. The number of amides is 3. The van der Waals surface area contributed by atoms with Gasteiger partial charge in [0.15, 0.2) is 6.61 Å². The highest BCUT2D eigenvalue weighted by molar-refractivity contribution is 6.44. The first kappa shape index (κ1) is 27.3. The van der Waals surface area contributed by atoms with E-state index < -0.39 is 17.7 Å². The zero-order chi connectivity index (χ0) is 26.6. The number of ether oxygens (including phenoxy) is 2. The first-order chi connectivity index (χ1) is 17.9. The van der Waals surface area contributed by atoms with E-state index >= 15 is 0 Å². The van der Waals surface area contributed by atoms with E-state index in [-0.39, 0.29) is 11.6 Å². The van der Waals surface area contributed by atoms with Crippen LogP contribution in [0.5, 0.6) is 11.5 Å². The highest BCUT2D eigenvalue weighted by Crippen LogP contribution is 2.29. The van der Waals surface area contributed by atoms with Crippen molar-refractivity contribution in [3.05, 3.63) is 95.0 Å². The number of nitrogens with zero attached hydrogens (tertiary/aromatic N) is 1. The fourth-order valence-corrected chi connectivity index (χ4v) is 3.13. The summed E-state index contributed by atoms with van der Waals surface area (Å²) in [6.07, 6.45) is 2.97. The van der Waals surface area contributed by atoms with Crippen LogP contribution in [0.15, 0.2) is 84.5 Å². The minimum Gasteiger partial charge on any atom is -0.490 e. The quantitative estimate of drug-likeness (QED) is 0.149. The molecule has 3 amide bonds. The van der Waals surface area contributed by atoms with E-state index in [2.05, 4.69) is 27.7 Å². The Bertz CT molecular complexity index is 1300. The molecule has 0 aliphatic carbocycles. The standard InChI is InChI=1S/C26H22Cl2N4O5/c1-2-14-36-19-12-8-18(9-13-19)30-25(34)26(35)32-29-15-17-6-10-20(11-7-17)37-16-23(33)31-22-5-3-4-21(27)24(22)28/h2-13,15H,1,14,16H2,(H,30,34)(H,31,33)(H,32,35)/b29-15-. The molecule has 0 heterocycles. The number of hydrazone groups is 1. The normalized spacial score (nSPS) is 10.4. The van der Waals surface area contributed by atoms with Crippen molar-refractivity contribution < 1.29 is 23.9 Å². The van der Waals surface area contributed by atoms with E-state index in [0.717, 1.165) is 0 Å². The molecule has 11 heteroatoms. The monoisotopic (exact) mass is 540 g/mol. The fourth-order valence-electron chi connectivity index (χ4n) is 2.78. The molecule has 0 atom stereocenters. The zero-order valence-corrected chi connectivity index (χ0v) is 20.9. The van der Waals surface area contributed by atoms with Gasteiger partial charge in [-0.05, 0) is 66.2 Å². The van der Waals surface area contributed by atoms with Crippen molar-refractivity contribution in [3.8, 4) is 11.5 Å². The van der Waals surface area contributed by atoms with Gasteiger partial charge in [-0.2, -0.15) is 5.10 Å². The summed E-state index contributed by atoms with van der Waals surface area (Å²) < 4.78 is 10.8. The Morgan fingerprint density at radius 1 is 0.865 bits per heavy atom. The number of benzene rings is 3. The molecule has 3 aromatic carbocycles. The number of hydrogen-bond donors (Lipinski definition) is 3. The van der Waals surface area contributed by atoms with Gasteiger partial charge < -0.3 is 20.1 Å². The average Bonchev–Trinajstić information content (AvgIpc) is 2.90. The second-order valence-corrected chi connectivity index (χ2v) is 8.07. The molecule has 0 aliphatic rings. The second kappa shape index (κ2) is 13.7. The Balaban J connectivity index is 1.42. The molecule has 0 bridgehead atoms. The number of anilines is 2. The van der Waals surface area contributed by atoms with Crippen LogP contribution in [0, 0.1) is 0 Å². The molecule has 0 fully saturated rings. The molecule has 0 radical (unpaired) electrons. The fraction of sp³-hybridized carbons (Fsp3) is 0.0769. The third kappa shape index (κ3) is 8.68. The van der Waals surface area contributed by atoms with Crippen LogP contribution in [0.4, 0.5) is 11.4 Å². The number of hydrogen-bond acceptors (Lipinski definition) is 6. The van der Waals surface area contributed by atoms with E-state index in [1.165, 1.54) is 6.21 Å². The minimum atomic E-state index is -0.936. The summed E-state index contributed by atoms with van der Waals surface area (Å²) in [7, 11) is 0. The maximum absolute atomic E-state index is 12.1. The van der Waals surface area contributed by atoms with Gasteiger partial charge in [-0.25, -0.2) is 5.43 Å². The van der Waals surface area contributed by atoms with Crippen LogP contribution in [0.2, 0.25) is 10.0 Å². The van der Waals surface area contributed by atoms with Crippen molar-refractivity contribution in [2.75, 3.05) is 23.8 Å². The first-order valence-electron chi connectivity index (χ1n) is 10.8. The van der Waals surface area contributed by atoms with E-state index in [9.17, 15) is 14.4 Å². The van der Waals surface area contributed by atoms with Crippen molar-refractivity contribution in [1.29, 1.82) is 0 Å². The maximum atomic E-state index is 12.1. The third-order valence-electron chi connectivity index (χ3n) is 4.54. The van der Waals surface area contributed by atoms with Gasteiger partial charge in [-0.15, -0.1) is 0 Å².